The summed E-state index contributed by atoms with van der Waals surface area (Å²) in [7, 11) is 0. The largest absolute Gasteiger partial charge is 0.354 e. The van der Waals surface area contributed by atoms with Gasteiger partial charge in [0.1, 0.15) is 0 Å². The van der Waals surface area contributed by atoms with Gasteiger partial charge in [-0.1, -0.05) is 44.2 Å². The van der Waals surface area contributed by atoms with Crippen LogP contribution in [0.4, 0.5) is 5.69 Å². The van der Waals surface area contributed by atoms with Crippen LogP contribution in [0.15, 0.2) is 42.5 Å². The average Bonchev–Trinajstić information content (AvgIpc) is 2.52. The topological polar surface area (TPSA) is 3.24 Å². The fourth-order valence-electron chi connectivity index (χ4n) is 2.54. The average molecular weight is 231 g/mol. The van der Waals surface area contributed by atoms with Crippen molar-refractivity contribution in [3.63, 3.8) is 0 Å². The quantitative estimate of drug-likeness (QED) is 0.636. The number of hydrogen-bond donors (Lipinski definition) is 0. The van der Waals surface area contributed by atoms with Crippen LogP contribution in [0.3, 0.4) is 0 Å². The lowest BCUT2D eigenvalue weighted by Crippen LogP contribution is -2.49. The van der Waals surface area contributed by atoms with Gasteiger partial charge < -0.3 is 4.90 Å². The number of benzene rings is 1. The fraction of sp³-hybridized carbons (Fsp3) is 0.500. The summed E-state index contributed by atoms with van der Waals surface area (Å²) in [5, 5.41) is 0. The fourth-order valence-corrected chi connectivity index (χ4v) is 2.54. The van der Waals surface area contributed by atoms with Crippen molar-refractivity contribution < 1.29 is 0 Å². The highest BCUT2D eigenvalue weighted by Gasteiger charge is 2.39. The van der Waals surface area contributed by atoms with Crippen LogP contribution in [0.25, 0.3) is 0 Å². The molecule has 0 aliphatic carbocycles. The number of hydrogen-bond acceptors (Lipinski definition) is 1. The Kier molecular flexibility index (Phi) is 4.03. The van der Waals surface area contributed by atoms with Crippen molar-refractivity contribution in [2.75, 3.05) is 4.90 Å². The zero-order chi connectivity index (χ0) is 13.1. The van der Waals surface area contributed by atoms with Gasteiger partial charge >= 0.3 is 0 Å². The van der Waals surface area contributed by atoms with Crippen molar-refractivity contribution in [1.82, 2.24) is 0 Å². The van der Waals surface area contributed by atoms with E-state index in [1.54, 1.807) is 0 Å². The molecule has 0 spiro atoms. The van der Waals surface area contributed by atoms with Crippen LogP contribution < -0.4 is 4.90 Å². The van der Waals surface area contributed by atoms with Crippen molar-refractivity contribution in [1.29, 1.82) is 0 Å². The second-order valence-corrected chi connectivity index (χ2v) is 5.31. The molecule has 17 heavy (non-hydrogen) atoms. The molecule has 0 bridgehead atoms. The predicted molar refractivity (Wildman–Crippen MR) is 77.6 cm³/mol. The highest BCUT2D eigenvalue weighted by atomic mass is 15.3. The van der Waals surface area contributed by atoms with Gasteiger partial charge in [0.2, 0.25) is 0 Å². The van der Waals surface area contributed by atoms with Gasteiger partial charge in [-0.3, -0.25) is 0 Å². The Morgan fingerprint density at radius 3 is 1.59 bits per heavy atom. The van der Waals surface area contributed by atoms with Gasteiger partial charge in [0, 0.05) is 5.69 Å². The maximum absolute atomic E-state index is 2.46. The van der Waals surface area contributed by atoms with Gasteiger partial charge in [0.25, 0.3) is 0 Å². The molecule has 0 N–H and O–H groups in total. The normalized spacial score (nSPS) is 19.8. The molecule has 1 nitrogen and oxygen atoms in total. The Labute approximate surface area is 106 Å². The minimum atomic E-state index is 0.102. The van der Waals surface area contributed by atoms with Gasteiger partial charge in [0.05, 0.1) is 11.1 Å². The monoisotopic (exact) mass is 231 g/mol. The van der Waals surface area contributed by atoms with Crippen molar-refractivity contribution in [2.45, 2.75) is 52.6 Å². The van der Waals surface area contributed by atoms with Crippen LogP contribution in [0.1, 0.15) is 41.5 Å². The number of para-hydroxylation sites is 1. The molecule has 1 aliphatic heterocycles. The third-order valence-electron chi connectivity index (χ3n) is 3.07. The first kappa shape index (κ1) is 13.8. The smallest absolute Gasteiger partial charge is 0.0537 e. The molecule has 1 heterocycles. The Bertz CT molecular complexity index is 356. The first-order valence-electron chi connectivity index (χ1n) is 6.49. The highest BCUT2D eigenvalue weighted by molar-refractivity contribution is 5.57. The van der Waals surface area contributed by atoms with Crippen LogP contribution in [-0.2, 0) is 0 Å². The Balaban J connectivity index is 0.000000686. The standard InChI is InChI=1S/C14H19N.C2H6/c1-13(2)10-11-14(3,4)15(13)12-8-6-5-7-9-12;1-2/h5-11H,1-4H3;1-2H3. The minimum absolute atomic E-state index is 0.102. The molecule has 1 aliphatic rings. The SMILES string of the molecule is CC.CC1(C)C=CC(C)(C)N1c1ccccc1. The first-order valence-corrected chi connectivity index (χ1v) is 6.49. The van der Waals surface area contributed by atoms with E-state index in [4.69, 9.17) is 0 Å². The van der Waals surface area contributed by atoms with Gasteiger partial charge in [-0.15, -0.1) is 0 Å². The number of anilines is 1. The summed E-state index contributed by atoms with van der Waals surface area (Å²) in [6.45, 7) is 13.0. The Morgan fingerprint density at radius 2 is 1.18 bits per heavy atom. The molecule has 1 aromatic carbocycles. The van der Waals surface area contributed by atoms with Crippen molar-refractivity contribution in [2.24, 2.45) is 0 Å². The van der Waals surface area contributed by atoms with E-state index in [-0.39, 0.29) is 11.1 Å². The molecule has 2 rings (SSSR count). The number of nitrogens with zero attached hydrogens (tertiary/aromatic N) is 1. The highest BCUT2D eigenvalue weighted by Crippen LogP contribution is 2.38. The lowest BCUT2D eigenvalue weighted by Gasteiger charge is -2.42. The van der Waals surface area contributed by atoms with Gasteiger partial charge in [-0.25, -0.2) is 0 Å². The van der Waals surface area contributed by atoms with E-state index >= 15 is 0 Å². The molecule has 0 atom stereocenters. The molecule has 0 fully saturated rings. The lowest BCUT2D eigenvalue weighted by molar-refractivity contribution is 0.483. The zero-order valence-electron chi connectivity index (χ0n) is 12.0. The predicted octanol–water partition coefficient (Wildman–Crippen LogP) is 4.65. The van der Waals surface area contributed by atoms with Crippen molar-refractivity contribution in [3.05, 3.63) is 42.5 Å². The summed E-state index contributed by atoms with van der Waals surface area (Å²) in [5.74, 6) is 0. The molecule has 1 aromatic rings. The molecular weight excluding hydrogens is 206 g/mol. The summed E-state index contributed by atoms with van der Waals surface area (Å²) in [6, 6.07) is 10.6. The van der Waals surface area contributed by atoms with E-state index in [1.807, 2.05) is 13.8 Å². The molecule has 0 radical (unpaired) electrons. The molecular formula is C16H25N. The van der Waals surface area contributed by atoms with Crippen LogP contribution in [0, 0.1) is 0 Å². The summed E-state index contributed by atoms with van der Waals surface area (Å²) < 4.78 is 0. The van der Waals surface area contributed by atoms with Gasteiger partial charge in [0.15, 0.2) is 0 Å². The molecule has 0 amide bonds. The van der Waals surface area contributed by atoms with Crippen LogP contribution >= 0.6 is 0 Å². The lowest BCUT2D eigenvalue weighted by atomic mass is 10.0. The maximum Gasteiger partial charge on any atom is 0.0537 e. The molecule has 0 saturated carbocycles. The maximum atomic E-state index is 2.46. The van der Waals surface area contributed by atoms with Gasteiger partial charge in [-0.2, -0.15) is 0 Å². The van der Waals surface area contributed by atoms with Crippen molar-refractivity contribution >= 4 is 5.69 Å². The Hall–Kier alpha value is -1.24. The van der Waals surface area contributed by atoms with E-state index < -0.39 is 0 Å². The number of rotatable bonds is 1. The van der Waals surface area contributed by atoms with Crippen LogP contribution in [0.5, 0.6) is 0 Å². The van der Waals surface area contributed by atoms with Crippen LogP contribution in [-0.4, -0.2) is 11.1 Å². The summed E-state index contributed by atoms with van der Waals surface area (Å²) in [5.41, 5.74) is 1.49. The summed E-state index contributed by atoms with van der Waals surface area (Å²) >= 11 is 0. The third kappa shape index (κ3) is 2.71. The van der Waals surface area contributed by atoms with E-state index in [2.05, 4.69) is 75.1 Å². The molecule has 0 aromatic heterocycles. The molecule has 0 saturated heterocycles. The molecule has 0 unspecified atom stereocenters. The minimum Gasteiger partial charge on any atom is -0.354 e. The van der Waals surface area contributed by atoms with E-state index in [0.29, 0.717) is 0 Å². The molecule has 1 heteroatoms. The van der Waals surface area contributed by atoms with E-state index in [9.17, 15) is 0 Å². The molecule has 94 valence electrons. The van der Waals surface area contributed by atoms with E-state index in [1.165, 1.54) is 5.69 Å². The van der Waals surface area contributed by atoms with Crippen LogP contribution in [0.2, 0.25) is 0 Å². The Morgan fingerprint density at radius 1 is 0.765 bits per heavy atom. The van der Waals surface area contributed by atoms with E-state index in [0.717, 1.165) is 0 Å². The van der Waals surface area contributed by atoms with Crippen molar-refractivity contribution in [3.8, 4) is 0 Å². The summed E-state index contributed by atoms with van der Waals surface area (Å²) in [6.07, 6.45) is 4.58. The summed E-state index contributed by atoms with van der Waals surface area (Å²) in [4.78, 5) is 2.46. The first-order chi connectivity index (χ1) is 7.93. The van der Waals surface area contributed by atoms with Gasteiger partial charge in [-0.05, 0) is 39.8 Å². The second kappa shape index (κ2) is 4.95. The second-order valence-electron chi connectivity index (χ2n) is 5.31. The zero-order valence-corrected chi connectivity index (χ0v) is 12.0. The third-order valence-corrected chi connectivity index (χ3v) is 3.07.